The van der Waals surface area contributed by atoms with Gasteiger partial charge in [-0.1, -0.05) is 5.21 Å². The van der Waals surface area contributed by atoms with E-state index in [1.807, 2.05) is 25.3 Å². The Morgan fingerprint density at radius 3 is 3.00 bits per heavy atom. The average molecular weight is 221 g/mol. The Kier molecular flexibility index (Phi) is 3.36. The Labute approximate surface area is 93.7 Å². The van der Waals surface area contributed by atoms with E-state index in [1.165, 1.54) is 0 Å². The molecule has 0 unspecified atom stereocenters. The van der Waals surface area contributed by atoms with Crippen LogP contribution in [0.4, 0.5) is 0 Å². The van der Waals surface area contributed by atoms with E-state index < -0.39 is 0 Å². The Morgan fingerprint density at radius 2 is 2.31 bits per heavy atom. The lowest BCUT2D eigenvalue weighted by atomic mass is 10.3. The van der Waals surface area contributed by atoms with Crippen molar-refractivity contribution in [3.8, 4) is 0 Å². The number of aliphatic hydroxyl groups excluding tert-OH is 1. The Morgan fingerprint density at radius 1 is 1.44 bits per heavy atom. The summed E-state index contributed by atoms with van der Waals surface area (Å²) in [4.78, 5) is 0. The Balaban J connectivity index is 1.97. The molecule has 0 saturated heterocycles. The summed E-state index contributed by atoms with van der Waals surface area (Å²) < 4.78 is 7.19. The summed E-state index contributed by atoms with van der Waals surface area (Å²) in [6.45, 7) is 2.70. The zero-order valence-electron chi connectivity index (χ0n) is 9.26. The maximum Gasteiger partial charge on any atom is 0.125 e. The van der Waals surface area contributed by atoms with Crippen LogP contribution < -0.4 is 0 Å². The SMILES string of the molecule is Cc1ccc(Cn2cc(CCCO)nn2)o1. The highest BCUT2D eigenvalue weighted by Crippen LogP contribution is 2.08. The van der Waals surface area contributed by atoms with Crippen molar-refractivity contribution in [1.82, 2.24) is 15.0 Å². The van der Waals surface area contributed by atoms with E-state index in [1.54, 1.807) is 4.68 Å². The monoisotopic (exact) mass is 221 g/mol. The molecule has 1 N–H and O–H groups in total. The van der Waals surface area contributed by atoms with Gasteiger partial charge in [0.05, 0.1) is 5.69 Å². The summed E-state index contributed by atoms with van der Waals surface area (Å²) in [5.41, 5.74) is 0.900. The molecule has 86 valence electrons. The first-order chi connectivity index (χ1) is 7.78. The fourth-order valence-corrected chi connectivity index (χ4v) is 1.52. The van der Waals surface area contributed by atoms with Crippen LogP contribution in [0.25, 0.3) is 0 Å². The maximum absolute atomic E-state index is 8.70. The van der Waals surface area contributed by atoms with Crippen molar-refractivity contribution in [2.75, 3.05) is 6.61 Å². The molecule has 0 radical (unpaired) electrons. The van der Waals surface area contributed by atoms with E-state index in [4.69, 9.17) is 9.52 Å². The molecule has 5 nitrogen and oxygen atoms in total. The molecule has 2 heterocycles. The molecule has 2 aromatic rings. The number of hydrogen-bond acceptors (Lipinski definition) is 4. The molecule has 5 heteroatoms. The number of aromatic nitrogens is 3. The van der Waals surface area contributed by atoms with Crippen LogP contribution in [0, 0.1) is 6.92 Å². The van der Waals surface area contributed by atoms with Crippen LogP contribution >= 0.6 is 0 Å². The molecule has 16 heavy (non-hydrogen) atoms. The van der Waals surface area contributed by atoms with Gasteiger partial charge < -0.3 is 9.52 Å². The number of aryl methyl sites for hydroxylation is 2. The highest BCUT2D eigenvalue weighted by Gasteiger charge is 2.03. The van der Waals surface area contributed by atoms with Gasteiger partial charge in [0.1, 0.15) is 18.1 Å². The third-order valence-corrected chi connectivity index (χ3v) is 2.29. The molecule has 0 aliphatic rings. The quantitative estimate of drug-likeness (QED) is 0.822. The van der Waals surface area contributed by atoms with E-state index in [0.29, 0.717) is 6.54 Å². The molecule has 0 bridgehead atoms. The van der Waals surface area contributed by atoms with Crippen molar-refractivity contribution in [2.45, 2.75) is 26.3 Å². The summed E-state index contributed by atoms with van der Waals surface area (Å²) in [6, 6.07) is 3.86. The van der Waals surface area contributed by atoms with Crippen molar-refractivity contribution in [3.63, 3.8) is 0 Å². The molecule has 0 spiro atoms. The normalized spacial score (nSPS) is 10.9. The summed E-state index contributed by atoms with van der Waals surface area (Å²) >= 11 is 0. The molecule has 0 saturated carbocycles. The fourth-order valence-electron chi connectivity index (χ4n) is 1.52. The van der Waals surface area contributed by atoms with Gasteiger partial charge in [-0.15, -0.1) is 5.10 Å². The van der Waals surface area contributed by atoms with Crippen LogP contribution in [-0.4, -0.2) is 26.7 Å². The van der Waals surface area contributed by atoms with Gasteiger partial charge >= 0.3 is 0 Å². The second-order valence-corrected chi connectivity index (χ2v) is 3.75. The third-order valence-electron chi connectivity index (χ3n) is 2.29. The lowest BCUT2D eigenvalue weighted by molar-refractivity contribution is 0.288. The van der Waals surface area contributed by atoms with Crippen LogP contribution in [0.3, 0.4) is 0 Å². The average Bonchev–Trinajstić information content (AvgIpc) is 2.86. The van der Waals surface area contributed by atoms with Crippen LogP contribution in [-0.2, 0) is 13.0 Å². The predicted octanol–water partition coefficient (Wildman–Crippen LogP) is 1.15. The number of hydrogen-bond donors (Lipinski definition) is 1. The molecule has 2 aromatic heterocycles. The zero-order chi connectivity index (χ0) is 11.4. The fraction of sp³-hybridized carbons (Fsp3) is 0.455. The maximum atomic E-state index is 8.70. The van der Waals surface area contributed by atoms with Crippen molar-refractivity contribution >= 4 is 0 Å². The molecule has 0 atom stereocenters. The molecule has 0 amide bonds. The molecular formula is C11H15N3O2. The van der Waals surface area contributed by atoms with Crippen LogP contribution in [0.2, 0.25) is 0 Å². The van der Waals surface area contributed by atoms with Gasteiger partial charge in [-0.3, -0.25) is 0 Å². The minimum atomic E-state index is 0.185. The van der Waals surface area contributed by atoms with Crippen LogP contribution in [0.1, 0.15) is 23.6 Å². The standard InChI is InChI=1S/C11H15N3O2/c1-9-4-5-11(16-9)8-14-7-10(12-13-14)3-2-6-15/h4-5,7,15H,2-3,6,8H2,1H3. The first-order valence-electron chi connectivity index (χ1n) is 5.33. The molecule has 0 aliphatic carbocycles. The highest BCUT2D eigenvalue weighted by atomic mass is 16.3. The Bertz CT molecular complexity index is 448. The van der Waals surface area contributed by atoms with Gasteiger partial charge in [-0.25, -0.2) is 4.68 Å². The van der Waals surface area contributed by atoms with E-state index in [9.17, 15) is 0 Å². The number of rotatable bonds is 5. The van der Waals surface area contributed by atoms with Gasteiger partial charge in [0, 0.05) is 12.8 Å². The predicted molar refractivity (Wildman–Crippen MR) is 58.0 cm³/mol. The van der Waals surface area contributed by atoms with E-state index in [2.05, 4.69) is 10.3 Å². The minimum absolute atomic E-state index is 0.185. The number of furan rings is 1. The van der Waals surface area contributed by atoms with Crippen molar-refractivity contribution in [1.29, 1.82) is 0 Å². The molecule has 0 aliphatic heterocycles. The van der Waals surface area contributed by atoms with Gasteiger partial charge in [-0.05, 0) is 31.9 Å². The van der Waals surface area contributed by atoms with Gasteiger partial charge in [0.2, 0.25) is 0 Å². The molecule has 0 aromatic carbocycles. The molecule has 2 rings (SSSR count). The Hall–Kier alpha value is -1.62. The third kappa shape index (κ3) is 2.70. The lowest BCUT2D eigenvalue weighted by Gasteiger charge is -1.95. The highest BCUT2D eigenvalue weighted by molar-refractivity contribution is 5.06. The first kappa shape index (κ1) is 10.9. The second-order valence-electron chi connectivity index (χ2n) is 3.75. The molecule has 0 fully saturated rings. The van der Waals surface area contributed by atoms with Gasteiger partial charge in [-0.2, -0.15) is 0 Å². The number of aliphatic hydroxyl groups is 1. The van der Waals surface area contributed by atoms with Gasteiger partial charge in [0.15, 0.2) is 0 Å². The van der Waals surface area contributed by atoms with Crippen molar-refractivity contribution in [2.24, 2.45) is 0 Å². The number of nitrogens with zero attached hydrogens (tertiary/aromatic N) is 3. The van der Waals surface area contributed by atoms with E-state index in [-0.39, 0.29) is 6.61 Å². The zero-order valence-corrected chi connectivity index (χ0v) is 9.26. The smallest absolute Gasteiger partial charge is 0.125 e. The topological polar surface area (TPSA) is 64.1 Å². The lowest BCUT2D eigenvalue weighted by Crippen LogP contribution is -1.98. The second kappa shape index (κ2) is 4.94. The molecular weight excluding hydrogens is 206 g/mol. The summed E-state index contributed by atoms with van der Waals surface area (Å²) in [7, 11) is 0. The van der Waals surface area contributed by atoms with E-state index >= 15 is 0 Å². The van der Waals surface area contributed by atoms with Gasteiger partial charge in [0.25, 0.3) is 0 Å². The largest absolute Gasteiger partial charge is 0.464 e. The first-order valence-corrected chi connectivity index (χ1v) is 5.33. The summed E-state index contributed by atoms with van der Waals surface area (Å²) in [5.74, 6) is 1.77. The van der Waals surface area contributed by atoms with E-state index in [0.717, 1.165) is 30.1 Å². The van der Waals surface area contributed by atoms with Crippen molar-refractivity contribution < 1.29 is 9.52 Å². The summed E-state index contributed by atoms with van der Waals surface area (Å²) in [6.07, 6.45) is 3.36. The van der Waals surface area contributed by atoms with Crippen LogP contribution in [0.15, 0.2) is 22.7 Å². The summed E-state index contributed by atoms with van der Waals surface area (Å²) in [5, 5.41) is 16.7. The van der Waals surface area contributed by atoms with Crippen LogP contribution in [0.5, 0.6) is 0 Å². The van der Waals surface area contributed by atoms with Crippen molar-refractivity contribution in [3.05, 3.63) is 35.5 Å². The minimum Gasteiger partial charge on any atom is -0.464 e.